The number of benzene rings is 2. The number of ether oxygens (including phenoxy) is 2. The van der Waals surface area contributed by atoms with Gasteiger partial charge in [-0.1, -0.05) is 12.1 Å². The van der Waals surface area contributed by atoms with Crippen molar-refractivity contribution in [3.05, 3.63) is 53.6 Å². The molecule has 3 N–H and O–H groups in total. The molecule has 1 saturated heterocycles. The molecule has 0 bridgehead atoms. The Morgan fingerprint density at radius 1 is 1.26 bits per heavy atom. The summed E-state index contributed by atoms with van der Waals surface area (Å²) in [7, 11) is 1.62. The summed E-state index contributed by atoms with van der Waals surface area (Å²) in [6.45, 7) is 3.57. The van der Waals surface area contributed by atoms with Crippen LogP contribution in [0.3, 0.4) is 0 Å². The van der Waals surface area contributed by atoms with Crippen LogP contribution in [0.25, 0.3) is 0 Å². The standard InChI is InChI=1S/C24H30N2O5/c1-16(27)25-18-5-3-17(4-6-18)22(29)15-26-11-9-24(10-12-26)14-21(28)20-8-7-19(30-2)13-23(20)31-24/h3-8,13,21-22,28-29H,9-12,14-15H2,1-2H3,(H,25,27)/t21-,22-/m1/s1. The molecule has 0 aliphatic carbocycles. The van der Waals surface area contributed by atoms with E-state index in [4.69, 9.17) is 9.47 Å². The summed E-state index contributed by atoms with van der Waals surface area (Å²) in [5.41, 5.74) is 1.96. The average molecular weight is 427 g/mol. The van der Waals surface area contributed by atoms with Crippen LogP contribution in [-0.2, 0) is 4.79 Å². The first-order valence-corrected chi connectivity index (χ1v) is 10.7. The number of amides is 1. The Balaban J connectivity index is 1.35. The van der Waals surface area contributed by atoms with E-state index in [0.29, 0.717) is 30.2 Å². The molecule has 2 aromatic carbocycles. The van der Waals surface area contributed by atoms with Crippen LogP contribution >= 0.6 is 0 Å². The molecule has 7 heteroatoms. The lowest BCUT2D eigenvalue weighted by Crippen LogP contribution is -2.51. The van der Waals surface area contributed by atoms with Crippen LogP contribution < -0.4 is 14.8 Å². The molecule has 0 radical (unpaired) electrons. The molecule has 31 heavy (non-hydrogen) atoms. The minimum absolute atomic E-state index is 0.119. The molecular formula is C24H30N2O5. The van der Waals surface area contributed by atoms with Gasteiger partial charge in [-0.3, -0.25) is 4.79 Å². The highest BCUT2D eigenvalue weighted by Gasteiger charge is 2.43. The molecule has 0 saturated carbocycles. The number of rotatable bonds is 5. The number of β-amino-alcohol motifs (C(OH)–C–C–N with tert-alkyl or cyclic N) is 1. The zero-order valence-corrected chi connectivity index (χ0v) is 18.0. The summed E-state index contributed by atoms with van der Waals surface area (Å²) in [6, 6.07) is 12.8. The Morgan fingerprint density at radius 3 is 2.61 bits per heavy atom. The molecule has 2 aromatic rings. The number of hydrogen-bond donors (Lipinski definition) is 3. The lowest BCUT2D eigenvalue weighted by Gasteiger charge is -2.46. The lowest BCUT2D eigenvalue weighted by molar-refractivity contribution is -0.114. The molecule has 1 amide bonds. The molecule has 0 aromatic heterocycles. The second-order valence-corrected chi connectivity index (χ2v) is 8.53. The van der Waals surface area contributed by atoms with Gasteiger partial charge >= 0.3 is 0 Å². The number of fused-ring (bicyclic) bond motifs is 1. The summed E-state index contributed by atoms with van der Waals surface area (Å²) in [5, 5.41) is 24.1. The van der Waals surface area contributed by atoms with Crippen LogP contribution in [0.1, 0.15) is 49.5 Å². The topological polar surface area (TPSA) is 91.3 Å². The van der Waals surface area contributed by atoms with E-state index < -0.39 is 12.2 Å². The number of aliphatic hydroxyl groups excluding tert-OH is 2. The number of methoxy groups -OCH3 is 1. The normalized spacial score (nSPS) is 21.1. The lowest BCUT2D eigenvalue weighted by atomic mass is 9.81. The molecule has 2 aliphatic heterocycles. The van der Waals surface area contributed by atoms with Crippen molar-refractivity contribution >= 4 is 11.6 Å². The van der Waals surface area contributed by atoms with Crippen molar-refractivity contribution in [3.8, 4) is 11.5 Å². The minimum atomic E-state index is -0.608. The second-order valence-electron chi connectivity index (χ2n) is 8.53. The molecule has 0 unspecified atom stereocenters. The number of nitrogens with zero attached hydrogens (tertiary/aromatic N) is 1. The third-order valence-electron chi connectivity index (χ3n) is 6.29. The van der Waals surface area contributed by atoms with Gasteiger partial charge in [0.25, 0.3) is 0 Å². The number of nitrogens with one attached hydrogen (secondary N) is 1. The highest BCUT2D eigenvalue weighted by Crippen LogP contribution is 2.45. The smallest absolute Gasteiger partial charge is 0.221 e. The summed E-state index contributed by atoms with van der Waals surface area (Å²) in [6.07, 6.45) is 0.995. The van der Waals surface area contributed by atoms with Crippen molar-refractivity contribution in [1.82, 2.24) is 4.90 Å². The fourth-order valence-electron chi connectivity index (χ4n) is 4.53. The van der Waals surface area contributed by atoms with E-state index in [9.17, 15) is 15.0 Å². The highest BCUT2D eigenvalue weighted by molar-refractivity contribution is 5.88. The number of carbonyl (C=O) groups excluding carboxylic acids is 1. The monoisotopic (exact) mass is 426 g/mol. The van der Waals surface area contributed by atoms with Crippen LogP contribution in [0, 0.1) is 0 Å². The summed E-state index contributed by atoms with van der Waals surface area (Å²) in [5.74, 6) is 1.30. The maximum Gasteiger partial charge on any atom is 0.221 e. The Bertz CT molecular complexity index is 922. The van der Waals surface area contributed by atoms with Crippen molar-refractivity contribution < 1.29 is 24.5 Å². The van der Waals surface area contributed by atoms with Crippen molar-refractivity contribution in [2.75, 3.05) is 32.1 Å². The third kappa shape index (κ3) is 4.84. The van der Waals surface area contributed by atoms with E-state index in [2.05, 4.69) is 10.2 Å². The van der Waals surface area contributed by atoms with Gasteiger partial charge < -0.3 is 29.9 Å². The fraction of sp³-hybridized carbons (Fsp3) is 0.458. The molecule has 1 fully saturated rings. The van der Waals surface area contributed by atoms with Gasteiger partial charge in [0, 0.05) is 50.3 Å². The van der Waals surface area contributed by atoms with E-state index in [1.54, 1.807) is 19.2 Å². The Labute approximate surface area is 182 Å². The summed E-state index contributed by atoms with van der Waals surface area (Å²) < 4.78 is 11.7. The number of carbonyl (C=O) groups is 1. The number of hydrogen-bond acceptors (Lipinski definition) is 6. The van der Waals surface area contributed by atoms with Gasteiger partial charge in [-0.15, -0.1) is 0 Å². The van der Waals surface area contributed by atoms with Gasteiger partial charge in [-0.2, -0.15) is 0 Å². The van der Waals surface area contributed by atoms with Crippen molar-refractivity contribution in [1.29, 1.82) is 0 Å². The van der Waals surface area contributed by atoms with Crippen molar-refractivity contribution in [3.63, 3.8) is 0 Å². The number of anilines is 1. The molecule has 1 spiro atoms. The van der Waals surface area contributed by atoms with E-state index in [0.717, 1.165) is 37.1 Å². The highest BCUT2D eigenvalue weighted by atomic mass is 16.5. The van der Waals surface area contributed by atoms with Crippen LogP contribution in [0.5, 0.6) is 11.5 Å². The fourth-order valence-corrected chi connectivity index (χ4v) is 4.53. The molecule has 166 valence electrons. The van der Waals surface area contributed by atoms with E-state index in [1.807, 2.05) is 30.3 Å². The predicted octanol–water partition coefficient (Wildman–Crippen LogP) is 3.04. The summed E-state index contributed by atoms with van der Waals surface area (Å²) >= 11 is 0. The van der Waals surface area contributed by atoms with Crippen LogP contribution in [0.2, 0.25) is 0 Å². The molecule has 2 aliphatic rings. The van der Waals surface area contributed by atoms with E-state index >= 15 is 0 Å². The Kier molecular flexibility index (Phi) is 6.18. The van der Waals surface area contributed by atoms with Crippen molar-refractivity contribution in [2.24, 2.45) is 0 Å². The number of likely N-dealkylation sites (tertiary alicyclic amines) is 1. The minimum Gasteiger partial charge on any atom is -0.497 e. The van der Waals surface area contributed by atoms with Crippen LogP contribution in [0.15, 0.2) is 42.5 Å². The third-order valence-corrected chi connectivity index (χ3v) is 6.29. The second kappa shape index (κ2) is 8.86. The van der Waals surface area contributed by atoms with E-state index in [1.165, 1.54) is 6.92 Å². The SMILES string of the molecule is COc1ccc2c(c1)OC1(CCN(C[C@@H](O)c3ccc(NC(C)=O)cc3)CC1)C[C@H]2O. The van der Waals surface area contributed by atoms with E-state index in [-0.39, 0.29) is 11.5 Å². The average Bonchev–Trinajstić information content (AvgIpc) is 2.75. The molecule has 2 heterocycles. The molecule has 4 rings (SSSR count). The quantitative estimate of drug-likeness (QED) is 0.681. The van der Waals surface area contributed by atoms with Crippen LogP contribution in [0.4, 0.5) is 5.69 Å². The molecule has 7 nitrogen and oxygen atoms in total. The largest absolute Gasteiger partial charge is 0.497 e. The first-order chi connectivity index (χ1) is 14.9. The zero-order valence-electron chi connectivity index (χ0n) is 18.0. The van der Waals surface area contributed by atoms with Gasteiger partial charge in [0.2, 0.25) is 5.91 Å². The van der Waals surface area contributed by atoms with Gasteiger partial charge in [0.15, 0.2) is 0 Å². The predicted molar refractivity (Wildman–Crippen MR) is 117 cm³/mol. The van der Waals surface area contributed by atoms with Gasteiger partial charge in [-0.25, -0.2) is 0 Å². The number of aliphatic hydroxyl groups is 2. The maximum absolute atomic E-state index is 11.1. The van der Waals surface area contributed by atoms with Crippen LogP contribution in [-0.4, -0.2) is 53.4 Å². The zero-order chi connectivity index (χ0) is 22.0. The molecule has 2 atom stereocenters. The van der Waals surface area contributed by atoms with Crippen molar-refractivity contribution in [2.45, 2.75) is 44.0 Å². The maximum atomic E-state index is 11.1. The Morgan fingerprint density at radius 2 is 1.97 bits per heavy atom. The first-order valence-electron chi connectivity index (χ1n) is 10.7. The Hall–Kier alpha value is -2.61. The molecular weight excluding hydrogens is 396 g/mol. The van der Waals surface area contributed by atoms with Gasteiger partial charge in [0.1, 0.15) is 17.1 Å². The first kappa shape index (κ1) is 21.6. The van der Waals surface area contributed by atoms with Gasteiger partial charge in [-0.05, 0) is 42.7 Å². The van der Waals surface area contributed by atoms with Gasteiger partial charge in [0.05, 0.1) is 19.3 Å². The summed E-state index contributed by atoms with van der Waals surface area (Å²) in [4.78, 5) is 13.4. The number of piperidine rings is 1.